The van der Waals surface area contributed by atoms with E-state index in [9.17, 15) is 0 Å². The Hall–Kier alpha value is -0.900. The van der Waals surface area contributed by atoms with Crippen LogP contribution in [0, 0.1) is 6.92 Å². The van der Waals surface area contributed by atoms with Crippen molar-refractivity contribution in [1.29, 1.82) is 0 Å². The molecule has 1 atom stereocenters. The second-order valence-electron chi connectivity index (χ2n) is 4.34. The van der Waals surface area contributed by atoms with Gasteiger partial charge in [0.1, 0.15) is 0 Å². The summed E-state index contributed by atoms with van der Waals surface area (Å²) in [5.41, 5.74) is 2.34. The number of rotatable bonds is 5. The minimum absolute atomic E-state index is 0.366. The fourth-order valence-corrected chi connectivity index (χ4v) is 3.01. The zero-order valence-electron chi connectivity index (χ0n) is 10.6. The molecule has 2 rings (SSSR count). The van der Waals surface area contributed by atoms with E-state index in [2.05, 4.69) is 21.7 Å². The lowest BCUT2D eigenvalue weighted by atomic mass is 9.94. The Kier molecular flexibility index (Phi) is 4.75. The lowest BCUT2D eigenvalue weighted by molar-refractivity contribution is 0.619. The SMILES string of the molecule is CNCC(Cc1csc(C)n1)c1ccccc1Cl. The number of nitrogens with zero attached hydrogens (tertiary/aromatic N) is 1. The third kappa shape index (κ3) is 3.31. The molecule has 0 aliphatic heterocycles. The standard InChI is InChI=1S/C14H17ClN2S/c1-10-17-12(9-18-10)7-11(8-16-2)13-5-3-4-6-14(13)15/h3-6,9,11,16H,7-8H2,1-2H3. The second kappa shape index (κ2) is 6.32. The number of aromatic nitrogens is 1. The largest absolute Gasteiger partial charge is 0.319 e. The van der Waals surface area contributed by atoms with Gasteiger partial charge in [-0.15, -0.1) is 11.3 Å². The van der Waals surface area contributed by atoms with Crippen LogP contribution >= 0.6 is 22.9 Å². The van der Waals surface area contributed by atoms with E-state index in [1.165, 1.54) is 5.56 Å². The Labute approximate surface area is 117 Å². The van der Waals surface area contributed by atoms with Gasteiger partial charge in [0.05, 0.1) is 10.7 Å². The molecule has 4 heteroatoms. The van der Waals surface area contributed by atoms with Crippen LogP contribution in [0.5, 0.6) is 0 Å². The molecule has 2 nitrogen and oxygen atoms in total. The van der Waals surface area contributed by atoms with Crippen molar-refractivity contribution >= 4 is 22.9 Å². The average Bonchev–Trinajstić information content (AvgIpc) is 2.75. The van der Waals surface area contributed by atoms with E-state index in [1.807, 2.05) is 32.2 Å². The highest BCUT2D eigenvalue weighted by Gasteiger charge is 2.15. The third-order valence-corrected chi connectivity index (χ3v) is 4.08. The molecule has 18 heavy (non-hydrogen) atoms. The first-order chi connectivity index (χ1) is 8.70. The highest BCUT2D eigenvalue weighted by atomic mass is 35.5. The Balaban J connectivity index is 2.20. The van der Waals surface area contributed by atoms with Crippen LogP contribution in [0.25, 0.3) is 0 Å². The molecule has 1 aromatic carbocycles. The summed E-state index contributed by atoms with van der Waals surface area (Å²) < 4.78 is 0. The van der Waals surface area contributed by atoms with Crippen LogP contribution in [0.2, 0.25) is 5.02 Å². The number of hydrogen-bond acceptors (Lipinski definition) is 3. The fraction of sp³-hybridized carbons (Fsp3) is 0.357. The van der Waals surface area contributed by atoms with E-state index in [-0.39, 0.29) is 0 Å². The van der Waals surface area contributed by atoms with Gasteiger partial charge in [0.2, 0.25) is 0 Å². The normalized spacial score (nSPS) is 12.6. The van der Waals surface area contributed by atoms with Crippen molar-refractivity contribution in [3.05, 3.63) is 50.9 Å². The van der Waals surface area contributed by atoms with Gasteiger partial charge in [-0.3, -0.25) is 0 Å². The van der Waals surface area contributed by atoms with Gasteiger partial charge >= 0.3 is 0 Å². The molecule has 0 bridgehead atoms. The van der Waals surface area contributed by atoms with Gasteiger partial charge in [0.15, 0.2) is 0 Å². The molecule has 0 spiro atoms. The van der Waals surface area contributed by atoms with E-state index >= 15 is 0 Å². The smallest absolute Gasteiger partial charge is 0.0897 e. The van der Waals surface area contributed by atoms with Crippen LogP contribution < -0.4 is 5.32 Å². The van der Waals surface area contributed by atoms with E-state index in [0.717, 1.165) is 28.7 Å². The highest BCUT2D eigenvalue weighted by molar-refractivity contribution is 7.09. The maximum Gasteiger partial charge on any atom is 0.0897 e. The molecule has 1 N–H and O–H groups in total. The summed E-state index contributed by atoms with van der Waals surface area (Å²) >= 11 is 7.98. The summed E-state index contributed by atoms with van der Waals surface area (Å²) in [5.74, 6) is 0.366. The molecule has 0 fully saturated rings. The molecular formula is C14H17ClN2S. The van der Waals surface area contributed by atoms with Crippen molar-refractivity contribution < 1.29 is 0 Å². The molecule has 1 aromatic heterocycles. The zero-order valence-corrected chi connectivity index (χ0v) is 12.2. The second-order valence-corrected chi connectivity index (χ2v) is 5.81. The van der Waals surface area contributed by atoms with Gasteiger partial charge < -0.3 is 5.32 Å². The molecule has 2 aromatic rings. The highest BCUT2D eigenvalue weighted by Crippen LogP contribution is 2.27. The van der Waals surface area contributed by atoms with Crippen molar-refractivity contribution in [1.82, 2.24) is 10.3 Å². The van der Waals surface area contributed by atoms with Crippen LogP contribution in [0.1, 0.15) is 22.2 Å². The van der Waals surface area contributed by atoms with Crippen molar-refractivity contribution in [2.75, 3.05) is 13.6 Å². The molecular weight excluding hydrogens is 264 g/mol. The molecule has 1 unspecified atom stereocenters. The number of hydrogen-bond donors (Lipinski definition) is 1. The molecule has 0 aliphatic carbocycles. The van der Waals surface area contributed by atoms with Gasteiger partial charge in [0.25, 0.3) is 0 Å². The van der Waals surface area contributed by atoms with Crippen LogP contribution in [0.3, 0.4) is 0 Å². The van der Waals surface area contributed by atoms with Crippen LogP contribution in [0.15, 0.2) is 29.6 Å². The number of likely N-dealkylation sites (N-methyl/N-ethyl adjacent to an activating group) is 1. The van der Waals surface area contributed by atoms with Crippen LogP contribution in [-0.2, 0) is 6.42 Å². The fourth-order valence-electron chi connectivity index (χ4n) is 2.10. The van der Waals surface area contributed by atoms with Gasteiger partial charge in [-0.2, -0.15) is 0 Å². The predicted octanol–water partition coefficient (Wildman–Crippen LogP) is 3.65. The monoisotopic (exact) mass is 280 g/mol. The quantitative estimate of drug-likeness (QED) is 0.904. The lowest BCUT2D eigenvalue weighted by Gasteiger charge is -2.17. The summed E-state index contributed by atoms with van der Waals surface area (Å²) in [6.07, 6.45) is 0.926. The summed E-state index contributed by atoms with van der Waals surface area (Å²) in [7, 11) is 1.97. The summed E-state index contributed by atoms with van der Waals surface area (Å²) in [5, 5.41) is 7.33. The summed E-state index contributed by atoms with van der Waals surface area (Å²) in [4.78, 5) is 4.54. The van der Waals surface area contributed by atoms with Crippen molar-refractivity contribution in [3.63, 3.8) is 0 Å². The molecule has 1 heterocycles. The first kappa shape index (κ1) is 13.5. The number of benzene rings is 1. The minimum Gasteiger partial charge on any atom is -0.319 e. The zero-order chi connectivity index (χ0) is 13.0. The predicted molar refractivity (Wildman–Crippen MR) is 78.7 cm³/mol. The van der Waals surface area contributed by atoms with Gasteiger partial charge in [-0.05, 0) is 32.0 Å². The Bertz CT molecular complexity index is 510. The third-order valence-electron chi connectivity index (χ3n) is 2.92. The van der Waals surface area contributed by atoms with Crippen molar-refractivity contribution in [2.45, 2.75) is 19.3 Å². The maximum absolute atomic E-state index is 6.28. The average molecular weight is 281 g/mol. The maximum atomic E-state index is 6.28. The van der Waals surface area contributed by atoms with Crippen molar-refractivity contribution in [3.8, 4) is 0 Å². The molecule has 0 saturated carbocycles. The number of thiazole rings is 1. The first-order valence-corrected chi connectivity index (χ1v) is 7.26. The number of nitrogens with one attached hydrogen (secondary N) is 1. The number of aryl methyl sites for hydroxylation is 1. The lowest BCUT2D eigenvalue weighted by Crippen LogP contribution is -2.19. The molecule has 0 amide bonds. The molecule has 0 saturated heterocycles. The minimum atomic E-state index is 0.366. The van der Waals surface area contributed by atoms with Gasteiger partial charge in [-0.1, -0.05) is 29.8 Å². The number of halogens is 1. The summed E-state index contributed by atoms with van der Waals surface area (Å²) in [6.45, 7) is 2.94. The first-order valence-electron chi connectivity index (χ1n) is 6.00. The molecule has 0 radical (unpaired) electrons. The van der Waals surface area contributed by atoms with Crippen LogP contribution in [0.4, 0.5) is 0 Å². The van der Waals surface area contributed by atoms with Crippen molar-refractivity contribution in [2.24, 2.45) is 0 Å². The summed E-state index contributed by atoms with van der Waals surface area (Å²) in [6, 6.07) is 8.06. The van der Waals surface area contributed by atoms with E-state index in [0.29, 0.717) is 5.92 Å². The molecule has 96 valence electrons. The van der Waals surface area contributed by atoms with Gasteiger partial charge in [0, 0.05) is 22.9 Å². The Morgan fingerprint density at radius 2 is 2.17 bits per heavy atom. The Morgan fingerprint density at radius 1 is 1.39 bits per heavy atom. The van der Waals surface area contributed by atoms with Crippen LogP contribution in [-0.4, -0.2) is 18.6 Å². The van der Waals surface area contributed by atoms with E-state index in [4.69, 9.17) is 11.6 Å². The van der Waals surface area contributed by atoms with Gasteiger partial charge in [-0.25, -0.2) is 4.98 Å². The van der Waals surface area contributed by atoms with E-state index in [1.54, 1.807) is 11.3 Å². The topological polar surface area (TPSA) is 24.9 Å². The Morgan fingerprint density at radius 3 is 2.78 bits per heavy atom. The molecule has 0 aliphatic rings. The van der Waals surface area contributed by atoms with E-state index < -0.39 is 0 Å².